The van der Waals surface area contributed by atoms with E-state index in [4.69, 9.17) is 0 Å². The Bertz CT molecular complexity index is 255. The second kappa shape index (κ2) is 5.83. The summed E-state index contributed by atoms with van der Waals surface area (Å²) in [7, 11) is 4.15. The van der Waals surface area contributed by atoms with Gasteiger partial charge in [-0.25, -0.2) is 0 Å². The summed E-state index contributed by atoms with van der Waals surface area (Å²) in [4.78, 5) is 16.7. The zero-order valence-corrected chi connectivity index (χ0v) is 11.1. The molecule has 2 saturated heterocycles. The maximum Gasteiger partial charge on any atom is 0.226 e. The molecule has 1 N–H and O–H groups in total. The molecule has 2 aliphatic rings. The van der Waals surface area contributed by atoms with Crippen molar-refractivity contribution in [1.29, 1.82) is 0 Å². The van der Waals surface area contributed by atoms with Crippen molar-refractivity contribution < 1.29 is 4.79 Å². The average Bonchev–Trinajstić information content (AvgIpc) is 2.39. The lowest BCUT2D eigenvalue weighted by Crippen LogP contribution is -2.48. The second-order valence-corrected chi connectivity index (χ2v) is 5.53. The Labute approximate surface area is 104 Å². The predicted octanol–water partition coefficient (Wildman–Crippen LogP) is 0.539. The Morgan fingerprint density at radius 1 is 1.29 bits per heavy atom. The number of rotatable bonds is 2. The first-order valence-electron chi connectivity index (χ1n) is 6.84. The molecule has 17 heavy (non-hydrogen) atoms. The molecule has 0 aromatic heterocycles. The fourth-order valence-electron chi connectivity index (χ4n) is 2.91. The molecule has 1 amide bonds. The monoisotopic (exact) mass is 239 g/mol. The molecule has 0 saturated carbocycles. The molecule has 2 rings (SSSR count). The third-order valence-electron chi connectivity index (χ3n) is 4.23. The molecule has 0 bridgehead atoms. The van der Waals surface area contributed by atoms with Gasteiger partial charge in [0, 0.05) is 19.6 Å². The summed E-state index contributed by atoms with van der Waals surface area (Å²) < 4.78 is 0. The Morgan fingerprint density at radius 2 is 2.00 bits per heavy atom. The van der Waals surface area contributed by atoms with Crippen molar-refractivity contribution in [3.05, 3.63) is 0 Å². The highest BCUT2D eigenvalue weighted by atomic mass is 16.2. The van der Waals surface area contributed by atoms with E-state index in [9.17, 15) is 4.79 Å². The minimum atomic E-state index is 0.216. The molecule has 0 spiro atoms. The SMILES string of the molecule is CN1CCC(N(C)C(=O)[C@@H]2CCCNC2)CC1. The number of piperidine rings is 2. The molecule has 2 heterocycles. The van der Waals surface area contributed by atoms with Gasteiger partial charge in [-0.15, -0.1) is 0 Å². The van der Waals surface area contributed by atoms with E-state index in [1.165, 1.54) is 0 Å². The molecule has 0 aromatic carbocycles. The number of nitrogens with one attached hydrogen (secondary N) is 1. The van der Waals surface area contributed by atoms with Crippen molar-refractivity contribution in [3.63, 3.8) is 0 Å². The van der Waals surface area contributed by atoms with Crippen LogP contribution in [0, 0.1) is 5.92 Å². The highest BCUT2D eigenvalue weighted by molar-refractivity contribution is 5.79. The minimum absolute atomic E-state index is 0.216. The first-order chi connectivity index (χ1) is 8.18. The molecule has 4 nitrogen and oxygen atoms in total. The van der Waals surface area contributed by atoms with Crippen molar-refractivity contribution in [3.8, 4) is 0 Å². The van der Waals surface area contributed by atoms with Gasteiger partial charge in [-0.2, -0.15) is 0 Å². The number of likely N-dealkylation sites (tertiary alicyclic amines) is 1. The summed E-state index contributed by atoms with van der Waals surface area (Å²) in [5.74, 6) is 0.570. The van der Waals surface area contributed by atoms with E-state index in [1.54, 1.807) is 0 Å². The standard InChI is InChI=1S/C13H25N3O/c1-15-8-5-12(6-9-15)16(2)13(17)11-4-3-7-14-10-11/h11-12,14H,3-10H2,1-2H3/t11-/m1/s1. The van der Waals surface area contributed by atoms with Crippen LogP contribution in [0.3, 0.4) is 0 Å². The first kappa shape index (κ1) is 12.8. The molecule has 2 fully saturated rings. The van der Waals surface area contributed by atoms with Crippen molar-refractivity contribution in [2.75, 3.05) is 40.3 Å². The lowest BCUT2D eigenvalue weighted by Gasteiger charge is -2.37. The lowest BCUT2D eigenvalue weighted by molar-refractivity contribution is -0.137. The van der Waals surface area contributed by atoms with Crippen LogP contribution in [-0.4, -0.2) is 62.0 Å². The Balaban J connectivity index is 1.85. The summed E-state index contributed by atoms with van der Waals surface area (Å²) in [6.45, 7) is 4.17. The van der Waals surface area contributed by atoms with Crippen LogP contribution in [0.15, 0.2) is 0 Å². The van der Waals surface area contributed by atoms with Gasteiger partial charge in [-0.1, -0.05) is 0 Å². The predicted molar refractivity (Wildman–Crippen MR) is 68.9 cm³/mol. The number of nitrogens with zero attached hydrogens (tertiary/aromatic N) is 2. The van der Waals surface area contributed by atoms with Gasteiger partial charge in [0.1, 0.15) is 0 Å². The maximum atomic E-state index is 12.4. The van der Waals surface area contributed by atoms with Gasteiger partial charge < -0.3 is 15.1 Å². The van der Waals surface area contributed by atoms with Gasteiger partial charge in [0.25, 0.3) is 0 Å². The van der Waals surface area contributed by atoms with Crippen molar-refractivity contribution >= 4 is 5.91 Å². The van der Waals surface area contributed by atoms with Crippen molar-refractivity contribution in [2.24, 2.45) is 5.92 Å². The zero-order valence-electron chi connectivity index (χ0n) is 11.1. The number of amides is 1. The number of hydrogen-bond donors (Lipinski definition) is 1. The number of hydrogen-bond acceptors (Lipinski definition) is 3. The van der Waals surface area contributed by atoms with E-state index in [2.05, 4.69) is 17.3 Å². The fraction of sp³-hybridized carbons (Fsp3) is 0.923. The van der Waals surface area contributed by atoms with Gasteiger partial charge >= 0.3 is 0 Å². The summed E-state index contributed by atoms with van der Waals surface area (Å²) in [6.07, 6.45) is 4.44. The molecule has 0 aliphatic carbocycles. The van der Waals surface area contributed by atoms with Gasteiger partial charge in [0.2, 0.25) is 5.91 Å². The Hall–Kier alpha value is -0.610. The number of carbonyl (C=O) groups excluding carboxylic acids is 1. The van der Waals surface area contributed by atoms with Crippen LogP contribution >= 0.6 is 0 Å². The van der Waals surface area contributed by atoms with Gasteiger partial charge in [-0.3, -0.25) is 4.79 Å². The molecule has 1 atom stereocenters. The van der Waals surface area contributed by atoms with Gasteiger partial charge in [0.15, 0.2) is 0 Å². The quantitative estimate of drug-likeness (QED) is 0.764. The fourth-order valence-corrected chi connectivity index (χ4v) is 2.91. The molecule has 0 aromatic rings. The highest BCUT2D eigenvalue weighted by Gasteiger charge is 2.29. The van der Waals surface area contributed by atoms with Gasteiger partial charge in [-0.05, 0) is 52.4 Å². The lowest BCUT2D eigenvalue weighted by atomic mass is 9.96. The van der Waals surface area contributed by atoms with E-state index in [0.29, 0.717) is 11.9 Å². The minimum Gasteiger partial charge on any atom is -0.342 e. The smallest absolute Gasteiger partial charge is 0.226 e. The normalized spacial score (nSPS) is 28.0. The molecule has 2 aliphatic heterocycles. The van der Waals surface area contributed by atoms with Crippen LogP contribution in [0.1, 0.15) is 25.7 Å². The van der Waals surface area contributed by atoms with E-state index in [0.717, 1.165) is 51.9 Å². The van der Waals surface area contributed by atoms with Crippen molar-refractivity contribution in [2.45, 2.75) is 31.7 Å². The summed E-state index contributed by atoms with van der Waals surface area (Å²) in [5.41, 5.74) is 0. The first-order valence-corrected chi connectivity index (χ1v) is 6.84. The zero-order chi connectivity index (χ0) is 12.3. The third kappa shape index (κ3) is 3.19. The summed E-state index contributed by atoms with van der Waals surface area (Å²) in [6, 6.07) is 0.459. The molecule has 0 radical (unpaired) electrons. The highest BCUT2D eigenvalue weighted by Crippen LogP contribution is 2.19. The van der Waals surface area contributed by atoms with Crippen molar-refractivity contribution in [1.82, 2.24) is 15.1 Å². The molecular formula is C13H25N3O. The molecule has 98 valence electrons. The van der Waals surface area contributed by atoms with Crippen LogP contribution in [0.2, 0.25) is 0 Å². The molecule has 0 unspecified atom stereocenters. The van der Waals surface area contributed by atoms with Crippen LogP contribution in [-0.2, 0) is 4.79 Å². The topological polar surface area (TPSA) is 35.6 Å². The van der Waals surface area contributed by atoms with E-state index in [1.807, 2.05) is 11.9 Å². The van der Waals surface area contributed by atoms with Gasteiger partial charge in [0.05, 0.1) is 5.92 Å². The van der Waals surface area contributed by atoms with E-state index >= 15 is 0 Å². The largest absolute Gasteiger partial charge is 0.342 e. The molecule has 4 heteroatoms. The summed E-state index contributed by atoms with van der Waals surface area (Å²) in [5, 5.41) is 3.32. The van der Waals surface area contributed by atoms with Crippen LogP contribution in [0.4, 0.5) is 0 Å². The Morgan fingerprint density at radius 3 is 2.59 bits per heavy atom. The maximum absolute atomic E-state index is 12.4. The van der Waals surface area contributed by atoms with E-state index < -0.39 is 0 Å². The van der Waals surface area contributed by atoms with Crippen LogP contribution in [0.25, 0.3) is 0 Å². The second-order valence-electron chi connectivity index (χ2n) is 5.53. The van der Waals surface area contributed by atoms with Crippen LogP contribution < -0.4 is 5.32 Å². The molecular weight excluding hydrogens is 214 g/mol. The van der Waals surface area contributed by atoms with Crippen LogP contribution in [0.5, 0.6) is 0 Å². The summed E-state index contributed by atoms with van der Waals surface area (Å²) >= 11 is 0. The number of carbonyl (C=O) groups is 1. The third-order valence-corrected chi connectivity index (χ3v) is 4.23. The van der Waals surface area contributed by atoms with E-state index in [-0.39, 0.29) is 5.92 Å². The Kier molecular flexibility index (Phi) is 4.40. The average molecular weight is 239 g/mol.